The zero-order valence-electron chi connectivity index (χ0n) is 11.1. The lowest BCUT2D eigenvalue weighted by molar-refractivity contribution is 0.0109. The van der Waals surface area contributed by atoms with E-state index in [-0.39, 0.29) is 11.9 Å². The van der Waals surface area contributed by atoms with Crippen LogP contribution in [0.5, 0.6) is 5.75 Å². The first kappa shape index (κ1) is 13.1. The van der Waals surface area contributed by atoms with Crippen molar-refractivity contribution in [2.24, 2.45) is 7.05 Å². The number of hydrogen-bond donors (Lipinski definition) is 0. The minimum absolute atomic E-state index is 0.0526. The third-order valence-corrected chi connectivity index (χ3v) is 3.42. The number of ether oxygens (including phenoxy) is 1. The van der Waals surface area contributed by atoms with Gasteiger partial charge in [0.25, 0.3) is 0 Å². The second-order valence-electron chi connectivity index (χ2n) is 4.95. The molecular formula is C14H15F2N3O. The smallest absolute Gasteiger partial charge is 0.167 e. The summed E-state index contributed by atoms with van der Waals surface area (Å²) < 4.78 is 33.6. The van der Waals surface area contributed by atoms with Crippen LogP contribution in [0.25, 0.3) is 0 Å². The highest BCUT2D eigenvalue weighted by Gasteiger charge is 2.29. The highest BCUT2D eigenvalue weighted by molar-refractivity contribution is 5.25. The molecule has 0 unspecified atom stereocenters. The van der Waals surface area contributed by atoms with E-state index < -0.39 is 11.6 Å². The Morgan fingerprint density at radius 2 is 2.10 bits per heavy atom. The Labute approximate surface area is 115 Å². The first-order valence-corrected chi connectivity index (χ1v) is 6.43. The molecule has 0 spiro atoms. The SMILES string of the molecule is Cn1nccc1CN1CC(Oc2ccc(F)cc2F)C1. The van der Waals surface area contributed by atoms with Gasteiger partial charge in [-0.1, -0.05) is 0 Å². The van der Waals surface area contributed by atoms with Crippen molar-refractivity contribution in [2.45, 2.75) is 12.6 Å². The zero-order chi connectivity index (χ0) is 14.1. The maximum Gasteiger partial charge on any atom is 0.167 e. The number of halogens is 2. The lowest BCUT2D eigenvalue weighted by atomic mass is 10.1. The van der Waals surface area contributed by atoms with Crippen molar-refractivity contribution in [3.63, 3.8) is 0 Å². The lowest BCUT2D eigenvalue weighted by Gasteiger charge is -2.38. The van der Waals surface area contributed by atoms with E-state index in [2.05, 4.69) is 10.00 Å². The van der Waals surface area contributed by atoms with Crippen LogP contribution >= 0.6 is 0 Å². The summed E-state index contributed by atoms with van der Waals surface area (Å²) in [5.74, 6) is -1.15. The molecule has 0 radical (unpaired) electrons. The summed E-state index contributed by atoms with van der Waals surface area (Å²) in [5.41, 5.74) is 1.12. The number of nitrogens with zero attached hydrogens (tertiary/aromatic N) is 3. The number of aryl methyl sites for hydroxylation is 1. The quantitative estimate of drug-likeness (QED) is 0.857. The summed E-state index contributed by atoms with van der Waals surface area (Å²) in [6, 6.07) is 5.33. The molecule has 20 heavy (non-hydrogen) atoms. The summed E-state index contributed by atoms with van der Waals surface area (Å²) in [4.78, 5) is 2.18. The topological polar surface area (TPSA) is 30.3 Å². The van der Waals surface area contributed by atoms with Crippen molar-refractivity contribution >= 4 is 0 Å². The Kier molecular flexibility index (Phi) is 3.40. The van der Waals surface area contributed by atoms with Crippen LogP contribution in [0.1, 0.15) is 5.69 Å². The minimum atomic E-state index is -0.657. The average molecular weight is 279 g/mol. The van der Waals surface area contributed by atoms with Crippen molar-refractivity contribution in [3.8, 4) is 5.75 Å². The summed E-state index contributed by atoms with van der Waals surface area (Å²) in [5, 5.41) is 4.11. The second kappa shape index (κ2) is 5.20. The van der Waals surface area contributed by atoms with E-state index in [1.165, 1.54) is 12.1 Å². The van der Waals surface area contributed by atoms with Gasteiger partial charge in [-0.15, -0.1) is 0 Å². The molecule has 3 rings (SSSR count). The van der Waals surface area contributed by atoms with Gasteiger partial charge in [0, 0.05) is 38.9 Å². The van der Waals surface area contributed by atoms with Crippen LogP contribution in [-0.4, -0.2) is 33.9 Å². The number of likely N-dealkylation sites (tertiary alicyclic amines) is 1. The number of rotatable bonds is 4. The Morgan fingerprint density at radius 3 is 2.75 bits per heavy atom. The largest absolute Gasteiger partial charge is 0.485 e. The van der Waals surface area contributed by atoms with Crippen LogP contribution in [0.4, 0.5) is 8.78 Å². The van der Waals surface area contributed by atoms with Gasteiger partial charge in [0.15, 0.2) is 11.6 Å². The highest BCUT2D eigenvalue weighted by Crippen LogP contribution is 2.23. The van der Waals surface area contributed by atoms with E-state index in [0.717, 1.165) is 31.4 Å². The van der Waals surface area contributed by atoms with Gasteiger partial charge in [0.2, 0.25) is 0 Å². The number of aromatic nitrogens is 2. The van der Waals surface area contributed by atoms with Gasteiger partial charge in [-0.3, -0.25) is 9.58 Å². The van der Waals surface area contributed by atoms with Gasteiger partial charge in [-0.25, -0.2) is 8.78 Å². The van der Waals surface area contributed by atoms with Crippen LogP contribution in [0.2, 0.25) is 0 Å². The van der Waals surface area contributed by atoms with Crippen molar-refractivity contribution < 1.29 is 13.5 Å². The fraction of sp³-hybridized carbons (Fsp3) is 0.357. The Bertz CT molecular complexity index is 608. The van der Waals surface area contributed by atoms with E-state index in [1.54, 1.807) is 6.20 Å². The molecule has 1 aromatic heterocycles. The molecule has 106 valence electrons. The molecule has 1 saturated heterocycles. The molecule has 2 aromatic rings. The first-order chi connectivity index (χ1) is 9.61. The molecule has 0 saturated carbocycles. The lowest BCUT2D eigenvalue weighted by Crippen LogP contribution is -2.53. The summed E-state index contributed by atoms with van der Waals surface area (Å²) >= 11 is 0. The van der Waals surface area contributed by atoms with Crippen LogP contribution in [-0.2, 0) is 13.6 Å². The van der Waals surface area contributed by atoms with Gasteiger partial charge < -0.3 is 4.74 Å². The highest BCUT2D eigenvalue weighted by atomic mass is 19.1. The van der Waals surface area contributed by atoms with Crippen LogP contribution < -0.4 is 4.74 Å². The second-order valence-corrected chi connectivity index (χ2v) is 4.95. The Hall–Kier alpha value is -1.95. The standard InChI is InChI=1S/C14H15F2N3O/c1-18-11(4-5-17-18)7-19-8-12(9-19)20-14-3-2-10(15)6-13(14)16/h2-6,12H,7-9H2,1H3. The zero-order valence-corrected chi connectivity index (χ0v) is 11.1. The van der Waals surface area contributed by atoms with Crippen molar-refractivity contribution in [1.29, 1.82) is 0 Å². The molecule has 2 heterocycles. The van der Waals surface area contributed by atoms with E-state index >= 15 is 0 Å². The first-order valence-electron chi connectivity index (χ1n) is 6.43. The van der Waals surface area contributed by atoms with Gasteiger partial charge in [-0.2, -0.15) is 5.10 Å². The van der Waals surface area contributed by atoms with Crippen molar-refractivity contribution in [3.05, 3.63) is 47.8 Å². The van der Waals surface area contributed by atoms with Crippen LogP contribution in [0, 0.1) is 11.6 Å². The normalized spacial score (nSPS) is 16.1. The Morgan fingerprint density at radius 1 is 1.30 bits per heavy atom. The van der Waals surface area contributed by atoms with Crippen LogP contribution in [0.15, 0.2) is 30.5 Å². The van der Waals surface area contributed by atoms with E-state index in [0.29, 0.717) is 0 Å². The summed E-state index contributed by atoms with van der Waals surface area (Å²) in [7, 11) is 1.90. The Balaban J connectivity index is 1.52. The molecule has 0 amide bonds. The number of hydrogen-bond acceptors (Lipinski definition) is 3. The fourth-order valence-corrected chi connectivity index (χ4v) is 2.26. The molecule has 1 fully saturated rings. The van der Waals surface area contributed by atoms with Gasteiger partial charge >= 0.3 is 0 Å². The maximum absolute atomic E-state index is 13.4. The van der Waals surface area contributed by atoms with E-state index in [1.807, 2.05) is 17.8 Å². The third kappa shape index (κ3) is 2.65. The minimum Gasteiger partial charge on any atom is -0.485 e. The molecule has 0 bridgehead atoms. The van der Waals surface area contributed by atoms with E-state index in [4.69, 9.17) is 4.74 Å². The van der Waals surface area contributed by atoms with Gasteiger partial charge in [0.1, 0.15) is 11.9 Å². The van der Waals surface area contributed by atoms with E-state index in [9.17, 15) is 8.78 Å². The molecule has 6 heteroatoms. The number of benzene rings is 1. The maximum atomic E-state index is 13.4. The van der Waals surface area contributed by atoms with Crippen molar-refractivity contribution in [2.75, 3.05) is 13.1 Å². The molecule has 1 aromatic carbocycles. The fourth-order valence-electron chi connectivity index (χ4n) is 2.26. The van der Waals surface area contributed by atoms with Gasteiger partial charge in [-0.05, 0) is 18.2 Å². The predicted molar refractivity (Wildman–Crippen MR) is 69.3 cm³/mol. The molecule has 1 aliphatic heterocycles. The predicted octanol–water partition coefficient (Wildman–Crippen LogP) is 1.96. The molecule has 0 aliphatic carbocycles. The summed E-state index contributed by atoms with van der Waals surface area (Å²) in [6.07, 6.45) is 1.71. The molecule has 1 aliphatic rings. The third-order valence-electron chi connectivity index (χ3n) is 3.42. The molecule has 0 atom stereocenters. The average Bonchev–Trinajstić information content (AvgIpc) is 2.75. The molecule has 4 nitrogen and oxygen atoms in total. The van der Waals surface area contributed by atoms with Crippen molar-refractivity contribution in [1.82, 2.24) is 14.7 Å². The van der Waals surface area contributed by atoms with Crippen LogP contribution in [0.3, 0.4) is 0 Å². The summed E-state index contributed by atoms with van der Waals surface area (Å²) in [6.45, 7) is 2.24. The molecular weight excluding hydrogens is 264 g/mol. The van der Waals surface area contributed by atoms with Gasteiger partial charge in [0.05, 0.1) is 5.69 Å². The monoisotopic (exact) mass is 279 g/mol. The molecule has 0 N–H and O–H groups in total.